The van der Waals surface area contributed by atoms with Crippen molar-refractivity contribution in [3.05, 3.63) is 48.0 Å². The molecule has 1 aliphatic heterocycles. The maximum absolute atomic E-state index is 9.04. The quantitative estimate of drug-likeness (QED) is 0.724. The van der Waals surface area contributed by atoms with Gasteiger partial charge in [0.2, 0.25) is 0 Å². The van der Waals surface area contributed by atoms with Crippen molar-refractivity contribution >= 4 is 16.7 Å². The Morgan fingerprint density at radius 3 is 2.92 bits per heavy atom. The number of nitrogens with zero attached hydrogens (tertiary/aromatic N) is 6. The molecule has 6 heteroatoms. The van der Waals surface area contributed by atoms with Crippen molar-refractivity contribution in [2.24, 2.45) is 0 Å². The molecule has 1 fully saturated rings. The second kappa shape index (κ2) is 6.75. The Kier molecular flexibility index (Phi) is 4.29. The number of hydrogen-bond acceptors (Lipinski definition) is 5. The molecule has 6 nitrogen and oxygen atoms in total. The molecule has 0 saturated carbocycles. The molecule has 1 aromatic carbocycles. The third kappa shape index (κ3) is 3.01. The number of pyridine rings is 1. The highest BCUT2D eigenvalue weighted by molar-refractivity contribution is 5.81. The summed E-state index contributed by atoms with van der Waals surface area (Å²) in [5, 5.41) is 18.6. The summed E-state index contributed by atoms with van der Waals surface area (Å²) in [7, 11) is 0. The highest BCUT2D eigenvalue weighted by Crippen LogP contribution is 2.30. The molecule has 1 aliphatic rings. The minimum atomic E-state index is 0.364. The number of benzene rings is 1. The van der Waals surface area contributed by atoms with Crippen molar-refractivity contribution in [2.75, 3.05) is 18.0 Å². The van der Waals surface area contributed by atoms with Crippen molar-refractivity contribution in [1.29, 1.82) is 5.26 Å². The van der Waals surface area contributed by atoms with Crippen LogP contribution < -0.4 is 4.90 Å². The first-order valence-corrected chi connectivity index (χ1v) is 9.11. The van der Waals surface area contributed by atoms with E-state index >= 15 is 0 Å². The van der Waals surface area contributed by atoms with Crippen LogP contribution in [0.1, 0.15) is 50.0 Å². The van der Waals surface area contributed by atoms with Crippen LogP contribution in [0.15, 0.2) is 36.7 Å². The standard InChI is InChI=1S/C20H22N6/c1-14(2)26-13-22-24-20(26)17-4-3-9-25(12-17)19-8-6-16-10-15(11-21)5-7-18(16)23-19/h5-8,10,13-14,17H,3-4,9,12H2,1-2H3. The van der Waals surface area contributed by atoms with E-state index in [1.165, 1.54) is 0 Å². The molecule has 3 aromatic rings. The van der Waals surface area contributed by atoms with Crippen LogP contribution in [0.4, 0.5) is 5.82 Å². The van der Waals surface area contributed by atoms with E-state index in [9.17, 15) is 0 Å². The van der Waals surface area contributed by atoms with Gasteiger partial charge < -0.3 is 9.47 Å². The topological polar surface area (TPSA) is 70.6 Å². The highest BCUT2D eigenvalue weighted by atomic mass is 15.3. The van der Waals surface area contributed by atoms with E-state index in [0.29, 0.717) is 17.5 Å². The Morgan fingerprint density at radius 1 is 1.23 bits per heavy atom. The van der Waals surface area contributed by atoms with Crippen LogP contribution in [-0.4, -0.2) is 32.8 Å². The van der Waals surface area contributed by atoms with Gasteiger partial charge in [-0.25, -0.2) is 4.98 Å². The number of anilines is 1. The van der Waals surface area contributed by atoms with Crippen molar-refractivity contribution in [3.8, 4) is 6.07 Å². The molecule has 3 heterocycles. The van der Waals surface area contributed by atoms with E-state index in [1.54, 1.807) is 0 Å². The molecule has 0 radical (unpaired) electrons. The first-order valence-electron chi connectivity index (χ1n) is 9.11. The fraction of sp³-hybridized carbons (Fsp3) is 0.400. The number of piperidine rings is 1. The second-order valence-corrected chi connectivity index (χ2v) is 7.16. The largest absolute Gasteiger partial charge is 0.356 e. The summed E-state index contributed by atoms with van der Waals surface area (Å²) in [6.07, 6.45) is 4.07. The first kappa shape index (κ1) is 16.5. The summed E-state index contributed by atoms with van der Waals surface area (Å²) < 4.78 is 2.17. The van der Waals surface area contributed by atoms with Crippen LogP contribution in [-0.2, 0) is 0 Å². The Morgan fingerprint density at radius 2 is 2.12 bits per heavy atom. The lowest BCUT2D eigenvalue weighted by molar-refractivity contribution is 0.453. The summed E-state index contributed by atoms with van der Waals surface area (Å²) in [5.74, 6) is 2.43. The molecule has 132 valence electrons. The van der Waals surface area contributed by atoms with Gasteiger partial charge in [-0.1, -0.05) is 0 Å². The predicted octanol–water partition coefficient (Wildman–Crippen LogP) is 3.66. The maximum atomic E-state index is 9.04. The molecule has 0 amide bonds. The van der Waals surface area contributed by atoms with Gasteiger partial charge in [0.1, 0.15) is 18.0 Å². The zero-order valence-corrected chi connectivity index (χ0v) is 15.1. The Bertz CT molecular complexity index is 968. The molecule has 0 bridgehead atoms. The van der Waals surface area contributed by atoms with Gasteiger partial charge in [0, 0.05) is 30.4 Å². The van der Waals surface area contributed by atoms with Crippen LogP contribution in [0.5, 0.6) is 0 Å². The molecule has 0 N–H and O–H groups in total. The van der Waals surface area contributed by atoms with Crippen LogP contribution >= 0.6 is 0 Å². The number of fused-ring (bicyclic) bond motifs is 1. The van der Waals surface area contributed by atoms with Crippen LogP contribution in [0.2, 0.25) is 0 Å². The van der Waals surface area contributed by atoms with Crippen molar-refractivity contribution in [3.63, 3.8) is 0 Å². The molecule has 0 aliphatic carbocycles. The van der Waals surface area contributed by atoms with Gasteiger partial charge in [-0.05, 0) is 57.0 Å². The second-order valence-electron chi connectivity index (χ2n) is 7.16. The molecule has 4 rings (SSSR count). The summed E-state index contributed by atoms with van der Waals surface area (Å²) in [6, 6.07) is 12.3. The Labute approximate surface area is 153 Å². The van der Waals surface area contributed by atoms with Crippen LogP contribution in [0.3, 0.4) is 0 Å². The van der Waals surface area contributed by atoms with E-state index in [2.05, 4.69) is 51.7 Å². The number of hydrogen-bond donors (Lipinski definition) is 0. The van der Waals surface area contributed by atoms with Gasteiger partial charge in [-0.3, -0.25) is 0 Å². The predicted molar refractivity (Wildman–Crippen MR) is 101 cm³/mol. The Hall–Kier alpha value is -2.94. The normalized spacial score (nSPS) is 17.6. The minimum Gasteiger partial charge on any atom is -0.356 e. The SMILES string of the molecule is CC(C)n1cnnc1C1CCCN(c2ccc3cc(C#N)ccc3n2)C1. The average Bonchev–Trinajstić information content (AvgIpc) is 3.17. The van der Waals surface area contributed by atoms with E-state index in [1.807, 2.05) is 24.5 Å². The van der Waals surface area contributed by atoms with Crippen molar-refractivity contribution in [1.82, 2.24) is 19.7 Å². The Balaban J connectivity index is 1.60. The average molecular weight is 346 g/mol. The fourth-order valence-corrected chi connectivity index (χ4v) is 3.70. The van der Waals surface area contributed by atoms with Crippen LogP contribution in [0.25, 0.3) is 10.9 Å². The zero-order chi connectivity index (χ0) is 18.1. The molecule has 1 saturated heterocycles. The third-order valence-electron chi connectivity index (χ3n) is 5.07. The lowest BCUT2D eigenvalue weighted by Gasteiger charge is -2.33. The maximum Gasteiger partial charge on any atom is 0.137 e. The molecule has 1 unspecified atom stereocenters. The fourth-order valence-electron chi connectivity index (χ4n) is 3.70. The third-order valence-corrected chi connectivity index (χ3v) is 5.07. The zero-order valence-electron chi connectivity index (χ0n) is 15.1. The number of aromatic nitrogens is 4. The van der Waals surface area contributed by atoms with E-state index in [-0.39, 0.29) is 0 Å². The van der Waals surface area contributed by atoms with Gasteiger partial charge in [0.05, 0.1) is 17.1 Å². The van der Waals surface area contributed by atoms with Crippen molar-refractivity contribution in [2.45, 2.75) is 38.6 Å². The van der Waals surface area contributed by atoms with Gasteiger partial charge in [-0.15, -0.1) is 10.2 Å². The molecular formula is C20H22N6. The lowest BCUT2D eigenvalue weighted by atomic mass is 9.96. The minimum absolute atomic E-state index is 0.364. The summed E-state index contributed by atoms with van der Waals surface area (Å²) in [6.45, 7) is 6.23. The van der Waals surface area contributed by atoms with Gasteiger partial charge in [0.15, 0.2) is 0 Å². The first-order chi connectivity index (χ1) is 12.7. The van der Waals surface area contributed by atoms with Gasteiger partial charge >= 0.3 is 0 Å². The number of nitriles is 1. The van der Waals surface area contributed by atoms with Crippen molar-refractivity contribution < 1.29 is 0 Å². The van der Waals surface area contributed by atoms with E-state index < -0.39 is 0 Å². The lowest BCUT2D eigenvalue weighted by Crippen LogP contribution is -2.36. The molecular weight excluding hydrogens is 324 g/mol. The van der Waals surface area contributed by atoms with E-state index in [0.717, 1.165) is 48.5 Å². The molecule has 26 heavy (non-hydrogen) atoms. The highest BCUT2D eigenvalue weighted by Gasteiger charge is 2.26. The van der Waals surface area contributed by atoms with Gasteiger partial charge in [0.25, 0.3) is 0 Å². The van der Waals surface area contributed by atoms with E-state index in [4.69, 9.17) is 10.2 Å². The molecule has 1 atom stereocenters. The monoisotopic (exact) mass is 346 g/mol. The summed E-state index contributed by atoms with van der Waals surface area (Å²) >= 11 is 0. The molecule has 2 aromatic heterocycles. The molecule has 0 spiro atoms. The smallest absolute Gasteiger partial charge is 0.137 e. The number of rotatable bonds is 3. The van der Waals surface area contributed by atoms with Crippen LogP contribution in [0, 0.1) is 11.3 Å². The van der Waals surface area contributed by atoms with Gasteiger partial charge in [-0.2, -0.15) is 5.26 Å². The summed E-state index contributed by atoms with van der Waals surface area (Å²) in [4.78, 5) is 7.16. The summed E-state index contributed by atoms with van der Waals surface area (Å²) in [5.41, 5.74) is 1.59.